The second-order valence-corrected chi connectivity index (χ2v) is 9.70. The lowest BCUT2D eigenvalue weighted by atomic mass is 9.69. The third kappa shape index (κ3) is 4.55. The average Bonchev–Trinajstić information content (AvgIpc) is 3.62. The van der Waals surface area contributed by atoms with Gasteiger partial charge in [-0.2, -0.15) is 4.90 Å². The molecule has 8 heteroatoms. The molecule has 1 aliphatic carbocycles. The summed E-state index contributed by atoms with van der Waals surface area (Å²) < 4.78 is 16.7. The molecule has 5 rings (SSSR count). The number of nitrogens with zero attached hydrogens (tertiary/aromatic N) is 1. The first kappa shape index (κ1) is 25.2. The fourth-order valence-corrected chi connectivity index (χ4v) is 6.05. The standard InChI is InChI=1S/C29H31NO7/c1-3-17-14-22-26(28(33)30(27(22)32)29(34)35-2)23-16-36-24(25(17)23)12-9-19(18-7-5-4-6-8-18)13-20-10-11-21(15-31)37-20/h4-8,10-11,13,22-24,26,31H,3,9,12,14-16H2,1-2H3/b19-13-/t22-,23+,24-,26-/m1/s1. The Labute approximate surface area is 215 Å². The van der Waals surface area contributed by atoms with Crippen molar-refractivity contribution in [2.45, 2.75) is 45.3 Å². The number of furan rings is 1. The van der Waals surface area contributed by atoms with E-state index in [-0.39, 0.29) is 18.6 Å². The van der Waals surface area contributed by atoms with Crippen LogP contribution >= 0.6 is 0 Å². The number of carbonyl (C=O) groups is 3. The van der Waals surface area contributed by atoms with Gasteiger partial charge < -0.3 is 19.0 Å². The Morgan fingerprint density at radius 1 is 1.14 bits per heavy atom. The number of ether oxygens (including phenoxy) is 2. The lowest BCUT2D eigenvalue weighted by Gasteiger charge is -2.31. The van der Waals surface area contributed by atoms with Gasteiger partial charge in [-0.05, 0) is 60.6 Å². The van der Waals surface area contributed by atoms with Crippen molar-refractivity contribution in [1.29, 1.82) is 0 Å². The molecule has 3 aliphatic rings. The van der Waals surface area contributed by atoms with Crippen molar-refractivity contribution in [3.8, 4) is 0 Å². The van der Waals surface area contributed by atoms with Gasteiger partial charge in [-0.3, -0.25) is 9.59 Å². The average molecular weight is 506 g/mol. The van der Waals surface area contributed by atoms with E-state index in [1.165, 1.54) is 7.11 Å². The van der Waals surface area contributed by atoms with Crippen molar-refractivity contribution >= 4 is 29.6 Å². The number of amides is 3. The second-order valence-electron chi connectivity index (χ2n) is 9.70. The molecule has 2 fully saturated rings. The van der Waals surface area contributed by atoms with Crippen molar-refractivity contribution in [1.82, 2.24) is 4.90 Å². The predicted octanol–water partition coefficient (Wildman–Crippen LogP) is 4.59. The van der Waals surface area contributed by atoms with Crippen molar-refractivity contribution in [3.63, 3.8) is 0 Å². The Kier molecular flexibility index (Phi) is 7.13. The maximum absolute atomic E-state index is 13.2. The molecule has 2 aromatic rings. The summed E-state index contributed by atoms with van der Waals surface area (Å²) in [7, 11) is 1.17. The minimum absolute atomic E-state index is 0.156. The Bertz CT molecular complexity index is 1260. The van der Waals surface area contributed by atoms with E-state index >= 15 is 0 Å². The molecule has 3 amide bonds. The van der Waals surface area contributed by atoms with Gasteiger partial charge in [0, 0.05) is 5.92 Å². The Hall–Kier alpha value is -3.49. The van der Waals surface area contributed by atoms with Crippen LogP contribution in [-0.4, -0.2) is 47.7 Å². The number of hydrogen-bond donors (Lipinski definition) is 1. The molecular formula is C29H31NO7. The van der Waals surface area contributed by atoms with E-state index in [9.17, 15) is 19.5 Å². The number of aliphatic hydroxyl groups excluding tert-OH is 1. The van der Waals surface area contributed by atoms with E-state index < -0.39 is 29.7 Å². The lowest BCUT2D eigenvalue weighted by molar-refractivity contribution is -0.137. The van der Waals surface area contributed by atoms with Crippen molar-refractivity contribution in [2.75, 3.05) is 13.7 Å². The van der Waals surface area contributed by atoms with Gasteiger partial charge in [0.25, 0.3) is 0 Å². The van der Waals surface area contributed by atoms with E-state index in [1.54, 1.807) is 6.07 Å². The lowest BCUT2D eigenvalue weighted by Crippen LogP contribution is -2.38. The molecule has 3 heterocycles. The molecule has 1 aromatic carbocycles. The second kappa shape index (κ2) is 10.5. The summed E-state index contributed by atoms with van der Waals surface area (Å²) >= 11 is 0. The maximum Gasteiger partial charge on any atom is 0.423 e. The molecule has 0 spiro atoms. The molecule has 37 heavy (non-hydrogen) atoms. The normalized spacial score (nSPS) is 25.5. The predicted molar refractivity (Wildman–Crippen MR) is 135 cm³/mol. The summed E-state index contributed by atoms with van der Waals surface area (Å²) in [5.74, 6) is -1.13. The zero-order valence-corrected chi connectivity index (χ0v) is 21.0. The van der Waals surface area contributed by atoms with E-state index in [1.807, 2.05) is 42.5 Å². The van der Waals surface area contributed by atoms with Gasteiger partial charge in [0.15, 0.2) is 0 Å². The summed E-state index contributed by atoms with van der Waals surface area (Å²) in [5.41, 5.74) is 4.40. The Morgan fingerprint density at radius 2 is 1.92 bits per heavy atom. The van der Waals surface area contributed by atoms with E-state index in [0.29, 0.717) is 42.3 Å². The third-order valence-corrected chi connectivity index (χ3v) is 7.77. The van der Waals surface area contributed by atoms with Crippen LogP contribution in [0.5, 0.6) is 0 Å². The highest BCUT2D eigenvalue weighted by Crippen LogP contribution is 2.50. The zero-order chi connectivity index (χ0) is 26.1. The molecule has 1 aromatic heterocycles. The van der Waals surface area contributed by atoms with Crippen LogP contribution in [0, 0.1) is 17.8 Å². The fourth-order valence-electron chi connectivity index (χ4n) is 6.05. The van der Waals surface area contributed by atoms with Crippen LogP contribution in [-0.2, 0) is 25.7 Å². The molecule has 8 nitrogen and oxygen atoms in total. The summed E-state index contributed by atoms with van der Waals surface area (Å²) in [4.78, 5) is 39.0. The highest BCUT2D eigenvalue weighted by atomic mass is 16.5. The third-order valence-electron chi connectivity index (χ3n) is 7.77. The summed E-state index contributed by atoms with van der Waals surface area (Å²) in [5, 5.41) is 9.36. The number of aliphatic hydroxyl groups is 1. The zero-order valence-electron chi connectivity index (χ0n) is 21.0. The molecular weight excluding hydrogens is 474 g/mol. The monoisotopic (exact) mass is 505 g/mol. The van der Waals surface area contributed by atoms with Crippen LogP contribution in [0.15, 0.2) is 58.0 Å². The topological polar surface area (TPSA) is 106 Å². The minimum Gasteiger partial charge on any atom is -0.459 e. The first-order valence-electron chi connectivity index (χ1n) is 12.7. The number of allylic oxidation sites excluding steroid dienone is 2. The summed E-state index contributed by atoms with van der Waals surface area (Å²) in [6, 6.07) is 13.6. The van der Waals surface area contributed by atoms with Gasteiger partial charge >= 0.3 is 6.09 Å². The number of imide groups is 3. The van der Waals surface area contributed by atoms with Crippen LogP contribution in [0.4, 0.5) is 4.79 Å². The number of rotatable bonds is 7. The van der Waals surface area contributed by atoms with Gasteiger partial charge in [0.1, 0.15) is 18.1 Å². The maximum atomic E-state index is 13.2. The molecule has 4 atom stereocenters. The number of carbonyl (C=O) groups excluding carboxylic acids is 3. The first-order chi connectivity index (χ1) is 18.0. The molecule has 0 saturated carbocycles. The smallest absolute Gasteiger partial charge is 0.423 e. The van der Waals surface area contributed by atoms with Gasteiger partial charge in [-0.15, -0.1) is 0 Å². The largest absolute Gasteiger partial charge is 0.459 e. The summed E-state index contributed by atoms with van der Waals surface area (Å²) in [6.45, 7) is 2.25. The van der Waals surface area contributed by atoms with Crippen molar-refractivity contribution in [3.05, 3.63) is 70.7 Å². The SMILES string of the molecule is CCC1=C2[C@@H](CC/C(=C/c3ccc(CO)o3)c3ccccc3)OC[C@@H]2[C@@H]2C(=O)N(C(=O)OC)C(=O)[C@@H]2C1. The Morgan fingerprint density at radius 3 is 2.59 bits per heavy atom. The van der Waals surface area contributed by atoms with Crippen LogP contribution in [0.1, 0.15) is 49.7 Å². The van der Waals surface area contributed by atoms with Gasteiger partial charge in [-0.25, -0.2) is 4.79 Å². The highest BCUT2D eigenvalue weighted by molar-refractivity contribution is 6.16. The minimum atomic E-state index is -0.917. The van der Waals surface area contributed by atoms with Crippen molar-refractivity contribution < 1.29 is 33.4 Å². The van der Waals surface area contributed by atoms with Gasteiger partial charge in [0.2, 0.25) is 11.8 Å². The molecule has 2 saturated heterocycles. The van der Waals surface area contributed by atoms with Crippen LogP contribution in [0.3, 0.4) is 0 Å². The van der Waals surface area contributed by atoms with Crippen LogP contribution < -0.4 is 0 Å². The van der Waals surface area contributed by atoms with Crippen molar-refractivity contribution in [2.24, 2.45) is 17.8 Å². The first-order valence-corrected chi connectivity index (χ1v) is 12.7. The quantitative estimate of drug-likeness (QED) is 0.433. The molecule has 0 radical (unpaired) electrons. The number of likely N-dealkylation sites (tertiary alicyclic amines) is 1. The van der Waals surface area contributed by atoms with Gasteiger partial charge in [-0.1, -0.05) is 42.8 Å². The molecule has 0 unspecified atom stereocenters. The number of fused-ring (bicyclic) bond motifs is 3. The van der Waals surface area contributed by atoms with Crippen LogP contribution in [0.25, 0.3) is 11.6 Å². The fraction of sp³-hybridized carbons (Fsp3) is 0.414. The Balaban J connectivity index is 1.40. The van der Waals surface area contributed by atoms with E-state index in [4.69, 9.17) is 13.9 Å². The van der Waals surface area contributed by atoms with E-state index in [2.05, 4.69) is 6.92 Å². The number of hydrogen-bond acceptors (Lipinski definition) is 7. The molecule has 0 bridgehead atoms. The number of methoxy groups -OCH3 is 1. The van der Waals surface area contributed by atoms with E-state index in [0.717, 1.165) is 28.7 Å². The van der Waals surface area contributed by atoms with Crippen LogP contribution in [0.2, 0.25) is 0 Å². The number of benzene rings is 1. The van der Waals surface area contributed by atoms with Gasteiger partial charge in [0.05, 0.1) is 31.7 Å². The molecule has 1 N–H and O–H groups in total. The molecule has 2 aliphatic heterocycles. The highest BCUT2D eigenvalue weighted by Gasteiger charge is 2.58. The summed E-state index contributed by atoms with van der Waals surface area (Å²) in [6.07, 6.45) is 3.51. The molecule has 194 valence electrons.